The van der Waals surface area contributed by atoms with Crippen LogP contribution in [0.5, 0.6) is 0 Å². The van der Waals surface area contributed by atoms with Gasteiger partial charge in [0.25, 0.3) is 11.8 Å². The van der Waals surface area contributed by atoms with Gasteiger partial charge in [-0.2, -0.15) is 0 Å². The predicted molar refractivity (Wildman–Crippen MR) is 116 cm³/mol. The van der Waals surface area contributed by atoms with Crippen molar-refractivity contribution in [2.45, 2.75) is 18.9 Å². The van der Waals surface area contributed by atoms with Gasteiger partial charge in [0.05, 0.1) is 11.3 Å². The number of nitrogens with zero attached hydrogens (tertiary/aromatic N) is 3. The Morgan fingerprint density at radius 3 is 2.17 bits per heavy atom. The number of carbonyl (C=O) groups excluding carboxylic acids is 2. The molecule has 6 heteroatoms. The number of halogens is 1. The number of benzene rings is 2. The molecule has 0 radical (unpaired) electrons. The van der Waals surface area contributed by atoms with Crippen LogP contribution in [-0.2, 0) is 9.59 Å². The topological polar surface area (TPSA) is 43.9 Å². The van der Waals surface area contributed by atoms with E-state index < -0.39 is 0 Å². The first kappa shape index (κ1) is 19.7. The predicted octanol–water partition coefficient (Wildman–Crippen LogP) is 3.65. The molecular weight excluding hydrogens is 386 g/mol. The number of rotatable bonds is 4. The molecule has 2 aliphatic heterocycles. The van der Waals surface area contributed by atoms with E-state index in [2.05, 4.69) is 11.9 Å². The Labute approximate surface area is 176 Å². The van der Waals surface area contributed by atoms with Gasteiger partial charge < -0.3 is 9.80 Å². The maximum atomic E-state index is 13.5. The molecule has 2 amide bonds. The molecule has 0 bridgehead atoms. The third-order valence-corrected chi connectivity index (χ3v) is 6.05. The molecule has 0 aromatic heterocycles. The number of anilines is 1. The van der Waals surface area contributed by atoms with Crippen LogP contribution in [0, 0.1) is 0 Å². The Kier molecular flexibility index (Phi) is 5.43. The SMILES string of the molecule is CN1CCC(N(C)C2=C(c3ccccc3)C(=O)N(c3ccc(Cl)cc3)C2=O)CC1. The van der Waals surface area contributed by atoms with Gasteiger partial charge in [-0.15, -0.1) is 0 Å². The summed E-state index contributed by atoms with van der Waals surface area (Å²) < 4.78 is 0. The van der Waals surface area contributed by atoms with Crippen molar-refractivity contribution in [1.29, 1.82) is 0 Å². The van der Waals surface area contributed by atoms with Crippen LogP contribution in [0.25, 0.3) is 5.57 Å². The van der Waals surface area contributed by atoms with E-state index in [1.807, 2.05) is 42.3 Å². The quantitative estimate of drug-likeness (QED) is 0.723. The number of likely N-dealkylation sites (tertiary alicyclic amines) is 1. The van der Waals surface area contributed by atoms with E-state index >= 15 is 0 Å². The summed E-state index contributed by atoms with van der Waals surface area (Å²) >= 11 is 6.00. The highest BCUT2D eigenvalue weighted by Gasteiger charge is 2.43. The van der Waals surface area contributed by atoms with Gasteiger partial charge in [-0.3, -0.25) is 9.59 Å². The summed E-state index contributed by atoms with van der Waals surface area (Å²) in [6.07, 6.45) is 1.92. The second-order valence-corrected chi connectivity index (χ2v) is 8.09. The van der Waals surface area contributed by atoms with Crippen LogP contribution in [0.4, 0.5) is 5.69 Å². The smallest absolute Gasteiger partial charge is 0.282 e. The number of piperidine rings is 1. The highest BCUT2D eigenvalue weighted by Crippen LogP contribution is 2.36. The standard InChI is InChI=1S/C23H24ClN3O2/c1-25-14-12-18(13-15-25)26(2)21-20(16-6-4-3-5-7-16)22(28)27(23(21)29)19-10-8-17(24)9-11-19/h3-11,18H,12-15H2,1-2H3. The maximum Gasteiger partial charge on any atom is 0.282 e. The number of likely N-dealkylation sites (N-methyl/N-ethyl adjacent to an activating group) is 1. The van der Waals surface area contributed by atoms with Crippen molar-refractivity contribution >= 4 is 34.7 Å². The van der Waals surface area contributed by atoms with Crippen molar-refractivity contribution < 1.29 is 9.59 Å². The molecule has 2 heterocycles. The summed E-state index contributed by atoms with van der Waals surface area (Å²) in [5, 5.41) is 0.563. The normalized spacial score (nSPS) is 18.7. The minimum atomic E-state index is -0.293. The minimum absolute atomic E-state index is 0.224. The van der Waals surface area contributed by atoms with Gasteiger partial charge in [-0.1, -0.05) is 41.9 Å². The van der Waals surface area contributed by atoms with Crippen molar-refractivity contribution in [3.63, 3.8) is 0 Å². The molecule has 2 aromatic carbocycles. The van der Waals surface area contributed by atoms with Crippen LogP contribution in [-0.4, -0.2) is 54.8 Å². The highest BCUT2D eigenvalue weighted by atomic mass is 35.5. The molecule has 4 rings (SSSR count). The van der Waals surface area contributed by atoms with Crippen molar-refractivity contribution in [3.8, 4) is 0 Å². The molecule has 1 saturated heterocycles. The Balaban J connectivity index is 1.76. The lowest BCUT2D eigenvalue weighted by molar-refractivity contribution is -0.120. The van der Waals surface area contributed by atoms with E-state index in [1.54, 1.807) is 24.3 Å². The number of hydrogen-bond donors (Lipinski definition) is 0. The lowest BCUT2D eigenvalue weighted by Gasteiger charge is -2.36. The number of amides is 2. The van der Waals surface area contributed by atoms with Crippen molar-refractivity contribution in [2.24, 2.45) is 0 Å². The summed E-state index contributed by atoms with van der Waals surface area (Å²) in [6, 6.07) is 16.5. The maximum absolute atomic E-state index is 13.5. The Morgan fingerprint density at radius 1 is 0.931 bits per heavy atom. The summed E-state index contributed by atoms with van der Waals surface area (Å²) in [7, 11) is 4.04. The van der Waals surface area contributed by atoms with Crippen LogP contribution in [0.1, 0.15) is 18.4 Å². The molecule has 2 aromatic rings. The summed E-state index contributed by atoms with van der Waals surface area (Å²) in [6.45, 7) is 1.96. The van der Waals surface area contributed by atoms with Crippen LogP contribution < -0.4 is 4.90 Å². The van der Waals surface area contributed by atoms with E-state index in [-0.39, 0.29) is 17.9 Å². The molecule has 1 fully saturated rings. The fourth-order valence-electron chi connectivity index (χ4n) is 4.10. The largest absolute Gasteiger partial charge is 0.366 e. The molecule has 0 unspecified atom stereocenters. The average molecular weight is 410 g/mol. The third-order valence-electron chi connectivity index (χ3n) is 5.80. The second kappa shape index (κ2) is 8.01. The zero-order valence-electron chi connectivity index (χ0n) is 16.6. The van der Waals surface area contributed by atoms with Crippen LogP contribution >= 0.6 is 11.6 Å². The first-order valence-electron chi connectivity index (χ1n) is 9.83. The Hall–Kier alpha value is -2.63. The minimum Gasteiger partial charge on any atom is -0.366 e. The molecule has 0 N–H and O–H groups in total. The van der Waals surface area contributed by atoms with E-state index in [0.29, 0.717) is 22.0 Å². The van der Waals surface area contributed by atoms with Gasteiger partial charge in [0.1, 0.15) is 5.70 Å². The zero-order chi connectivity index (χ0) is 20.5. The summed E-state index contributed by atoms with van der Waals surface area (Å²) in [5.74, 6) is -0.573. The van der Waals surface area contributed by atoms with Gasteiger partial charge in [0.2, 0.25) is 0 Å². The van der Waals surface area contributed by atoms with Crippen LogP contribution in [0.15, 0.2) is 60.3 Å². The lowest BCUT2D eigenvalue weighted by Crippen LogP contribution is -2.43. The van der Waals surface area contributed by atoms with Crippen molar-refractivity contribution in [3.05, 3.63) is 70.9 Å². The zero-order valence-corrected chi connectivity index (χ0v) is 17.4. The van der Waals surface area contributed by atoms with Gasteiger partial charge >= 0.3 is 0 Å². The highest BCUT2D eigenvalue weighted by molar-refractivity contribution is 6.45. The molecule has 29 heavy (non-hydrogen) atoms. The Bertz CT molecular complexity index is 948. The fourth-order valence-corrected chi connectivity index (χ4v) is 4.23. The molecular formula is C23H24ClN3O2. The molecule has 5 nitrogen and oxygen atoms in total. The summed E-state index contributed by atoms with van der Waals surface area (Å²) in [4.78, 5) is 32.5. The third kappa shape index (κ3) is 3.68. The van der Waals surface area contributed by atoms with Gasteiger partial charge in [0, 0.05) is 18.1 Å². The molecule has 0 atom stereocenters. The van der Waals surface area contributed by atoms with E-state index in [0.717, 1.165) is 31.5 Å². The number of carbonyl (C=O) groups is 2. The average Bonchev–Trinajstić information content (AvgIpc) is 2.99. The number of hydrogen-bond acceptors (Lipinski definition) is 4. The fraction of sp³-hybridized carbons (Fsp3) is 0.304. The van der Waals surface area contributed by atoms with Gasteiger partial charge in [-0.25, -0.2) is 4.90 Å². The van der Waals surface area contributed by atoms with Crippen LogP contribution in [0.3, 0.4) is 0 Å². The van der Waals surface area contributed by atoms with E-state index in [1.165, 1.54) is 4.90 Å². The first-order chi connectivity index (χ1) is 14.0. The van der Waals surface area contributed by atoms with Gasteiger partial charge in [0.15, 0.2) is 0 Å². The van der Waals surface area contributed by atoms with Crippen molar-refractivity contribution in [2.75, 3.05) is 32.1 Å². The summed E-state index contributed by atoms with van der Waals surface area (Å²) in [5.41, 5.74) is 2.24. The van der Waals surface area contributed by atoms with Crippen LogP contribution in [0.2, 0.25) is 5.02 Å². The first-order valence-corrected chi connectivity index (χ1v) is 10.2. The van der Waals surface area contributed by atoms with E-state index in [9.17, 15) is 9.59 Å². The van der Waals surface area contributed by atoms with Crippen molar-refractivity contribution in [1.82, 2.24) is 9.80 Å². The monoisotopic (exact) mass is 409 g/mol. The molecule has 0 spiro atoms. The molecule has 0 saturated carbocycles. The number of imide groups is 1. The van der Waals surface area contributed by atoms with E-state index in [4.69, 9.17) is 11.6 Å². The van der Waals surface area contributed by atoms with Gasteiger partial charge in [-0.05, 0) is 62.8 Å². The second-order valence-electron chi connectivity index (χ2n) is 7.66. The molecule has 2 aliphatic rings. The Morgan fingerprint density at radius 2 is 1.55 bits per heavy atom. The molecule has 0 aliphatic carbocycles. The lowest BCUT2D eigenvalue weighted by atomic mass is 10.0. The molecule has 150 valence electrons.